The van der Waals surface area contributed by atoms with Gasteiger partial charge in [0, 0.05) is 25.0 Å². The van der Waals surface area contributed by atoms with Crippen LogP contribution in [0.1, 0.15) is 34.1 Å². The highest BCUT2D eigenvalue weighted by Gasteiger charge is 2.36. The van der Waals surface area contributed by atoms with Crippen molar-refractivity contribution in [2.24, 2.45) is 0 Å². The van der Waals surface area contributed by atoms with Crippen molar-refractivity contribution in [2.75, 3.05) is 13.1 Å². The first-order chi connectivity index (χ1) is 6.38. The molecule has 80 valence electrons. The Bertz CT molecular complexity index is 255. The van der Waals surface area contributed by atoms with Crippen molar-refractivity contribution in [1.29, 1.82) is 0 Å². The summed E-state index contributed by atoms with van der Waals surface area (Å²) in [7, 11) is 0. The van der Waals surface area contributed by atoms with Crippen LogP contribution in [-0.4, -0.2) is 40.4 Å². The van der Waals surface area contributed by atoms with E-state index in [0.717, 1.165) is 0 Å². The van der Waals surface area contributed by atoms with Crippen LogP contribution in [0.3, 0.4) is 0 Å². The highest BCUT2D eigenvalue weighted by Crippen LogP contribution is 2.20. The van der Waals surface area contributed by atoms with Crippen LogP contribution in [0.25, 0.3) is 0 Å². The molecule has 1 aliphatic rings. The molecule has 1 fully saturated rings. The zero-order chi connectivity index (χ0) is 10.9. The second-order valence-electron chi connectivity index (χ2n) is 4.49. The second-order valence-corrected chi connectivity index (χ2v) is 4.49. The zero-order valence-electron chi connectivity index (χ0n) is 9.33. The SMILES string of the molecule is CCN1C(=O)CCN(C(C)(C)C)C1=O. The number of carbonyl (C=O) groups excluding carboxylic acids is 2. The summed E-state index contributed by atoms with van der Waals surface area (Å²) in [5, 5.41) is 0. The van der Waals surface area contributed by atoms with E-state index in [2.05, 4.69) is 0 Å². The van der Waals surface area contributed by atoms with Crippen molar-refractivity contribution in [3.8, 4) is 0 Å². The third-order valence-electron chi connectivity index (χ3n) is 2.44. The largest absolute Gasteiger partial charge is 0.327 e. The summed E-state index contributed by atoms with van der Waals surface area (Å²) in [5.74, 6) is -0.0574. The lowest BCUT2D eigenvalue weighted by molar-refractivity contribution is -0.131. The number of rotatable bonds is 1. The lowest BCUT2D eigenvalue weighted by atomic mass is 10.0. The average Bonchev–Trinajstić information content (AvgIpc) is 2.02. The molecule has 0 aromatic rings. The second kappa shape index (κ2) is 3.59. The Kier molecular flexibility index (Phi) is 2.83. The molecule has 3 amide bonds. The molecular formula is C10H18N2O2. The average molecular weight is 198 g/mol. The molecule has 1 saturated heterocycles. The lowest BCUT2D eigenvalue weighted by Crippen LogP contribution is -2.58. The van der Waals surface area contributed by atoms with Gasteiger partial charge in [-0.05, 0) is 27.7 Å². The zero-order valence-corrected chi connectivity index (χ0v) is 9.33. The third kappa shape index (κ3) is 1.89. The van der Waals surface area contributed by atoms with Crippen molar-refractivity contribution in [1.82, 2.24) is 9.80 Å². The van der Waals surface area contributed by atoms with Gasteiger partial charge in [0.05, 0.1) is 0 Å². The van der Waals surface area contributed by atoms with Crippen LogP contribution in [0, 0.1) is 0 Å². The molecule has 0 unspecified atom stereocenters. The normalized spacial score (nSPS) is 19.1. The van der Waals surface area contributed by atoms with Crippen LogP contribution in [0.5, 0.6) is 0 Å². The molecule has 0 saturated carbocycles. The van der Waals surface area contributed by atoms with Crippen LogP contribution in [0.15, 0.2) is 0 Å². The maximum atomic E-state index is 11.8. The summed E-state index contributed by atoms with van der Waals surface area (Å²) in [5.41, 5.74) is -0.203. The molecule has 1 rings (SSSR count). The van der Waals surface area contributed by atoms with Gasteiger partial charge in [-0.1, -0.05) is 0 Å². The van der Waals surface area contributed by atoms with Crippen molar-refractivity contribution in [3.05, 3.63) is 0 Å². The third-order valence-corrected chi connectivity index (χ3v) is 2.44. The summed E-state index contributed by atoms with van der Waals surface area (Å²) in [4.78, 5) is 26.3. The van der Waals surface area contributed by atoms with E-state index < -0.39 is 0 Å². The molecule has 4 nitrogen and oxygen atoms in total. The van der Waals surface area contributed by atoms with E-state index in [1.807, 2.05) is 27.7 Å². The van der Waals surface area contributed by atoms with E-state index in [-0.39, 0.29) is 17.5 Å². The van der Waals surface area contributed by atoms with Gasteiger partial charge in [0.15, 0.2) is 0 Å². The Labute approximate surface area is 84.9 Å². The van der Waals surface area contributed by atoms with Gasteiger partial charge in [-0.2, -0.15) is 0 Å². The van der Waals surface area contributed by atoms with Gasteiger partial charge in [0.2, 0.25) is 5.91 Å². The highest BCUT2D eigenvalue weighted by atomic mass is 16.2. The molecule has 4 heteroatoms. The predicted molar refractivity (Wildman–Crippen MR) is 53.9 cm³/mol. The number of hydrogen-bond donors (Lipinski definition) is 0. The summed E-state index contributed by atoms with van der Waals surface area (Å²) < 4.78 is 0. The molecule has 0 aromatic carbocycles. The Morgan fingerprint density at radius 1 is 1.29 bits per heavy atom. The van der Waals surface area contributed by atoms with Gasteiger partial charge in [-0.15, -0.1) is 0 Å². The van der Waals surface area contributed by atoms with E-state index in [1.165, 1.54) is 4.90 Å². The first-order valence-electron chi connectivity index (χ1n) is 5.00. The topological polar surface area (TPSA) is 40.6 Å². The van der Waals surface area contributed by atoms with Crippen molar-refractivity contribution in [2.45, 2.75) is 39.7 Å². The van der Waals surface area contributed by atoms with Gasteiger partial charge >= 0.3 is 6.03 Å². The molecule has 0 atom stereocenters. The molecule has 1 aliphatic heterocycles. The smallest absolute Gasteiger partial charge is 0.319 e. The summed E-state index contributed by atoms with van der Waals surface area (Å²) >= 11 is 0. The number of hydrogen-bond acceptors (Lipinski definition) is 2. The fourth-order valence-corrected chi connectivity index (χ4v) is 1.62. The standard InChI is InChI=1S/C10H18N2O2/c1-5-11-8(13)6-7-12(9(11)14)10(2,3)4/h5-7H2,1-4H3. The van der Waals surface area contributed by atoms with Gasteiger partial charge < -0.3 is 4.90 Å². The van der Waals surface area contributed by atoms with E-state index in [9.17, 15) is 9.59 Å². The maximum Gasteiger partial charge on any atom is 0.327 e. The van der Waals surface area contributed by atoms with Gasteiger partial charge in [0.1, 0.15) is 0 Å². The van der Waals surface area contributed by atoms with Gasteiger partial charge in [-0.25, -0.2) is 4.79 Å². The van der Waals surface area contributed by atoms with Crippen LogP contribution >= 0.6 is 0 Å². The Morgan fingerprint density at radius 3 is 2.29 bits per heavy atom. The van der Waals surface area contributed by atoms with Crippen LogP contribution in [0.4, 0.5) is 4.79 Å². The first-order valence-corrected chi connectivity index (χ1v) is 5.00. The molecular weight excluding hydrogens is 180 g/mol. The van der Waals surface area contributed by atoms with Crippen LogP contribution in [0.2, 0.25) is 0 Å². The highest BCUT2D eigenvalue weighted by molar-refractivity contribution is 5.97. The minimum atomic E-state index is -0.203. The van der Waals surface area contributed by atoms with Crippen molar-refractivity contribution >= 4 is 11.9 Å². The molecule has 0 aromatic heterocycles. The van der Waals surface area contributed by atoms with E-state index >= 15 is 0 Å². The number of imide groups is 1. The molecule has 1 heterocycles. The minimum Gasteiger partial charge on any atom is -0.319 e. The van der Waals surface area contributed by atoms with Gasteiger partial charge in [0.25, 0.3) is 0 Å². The predicted octanol–water partition coefficient (Wildman–Crippen LogP) is 1.46. The minimum absolute atomic E-state index is 0.0574. The monoisotopic (exact) mass is 198 g/mol. The summed E-state index contributed by atoms with van der Waals surface area (Å²) in [6.45, 7) is 8.77. The molecule has 0 bridgehead atoms. The molecule has 0 aliphatic carbocycles. The molecule has 0 N–H and O–H groups in total. The fraction of sp³-hybridized carbons (Fsp3) is 0.800. The van der Waals surface area contributed by atoms with Crippen LogP contribution in [-0.2, 0) is 4.79 Å². The molecule has 0 radical (unpaired) electrons. The maximum absolute atomic E-state index is 11.8. The van der Waals surface area contributed by atoms with E-state index in [1.54, 1.807) is 4.90 Å². The summed E-state index contributed by atoms with van der Waals surface area (Å²) in [6, 6.07) is -0.156. The Balaban J connectivity index is 2.85. The Hall–Kier alpha value is -1.06. The van der Waals surface area contributed by atoms with Crippen molar-refractivity contribution < 1.29 is 9.59 Å². The lowest BCUT2D eigenvalue weighted by Gasteiger charge is -2.41. The van der Waals surface area contributed by atoms with Gasteiger partial charge in [-0.3, -0.25) is 9.69 Å². The van der Waals surface area contributed by atoms with Crippen molar-refractivity contribution in [3.63, 3.8) is 0 Å². The Morgan fingerprint density at radius 2 is 1.86 bits per heavy atom. The molecule has 0 spiro atoms. The van der Waals surface area contributed by atoms with E-state index in [4.69, 9.17) is 0 Å². The fourth-order valence-electron chi connectivity index (χ4n) is 1.62. The molecule has 14 heavy (non-hydrogen) atoms. The number of carbonyl (C=O) groups is 2. The number of urea groups is 1. The number of amides is 3. The van der Waals surface area contributed by atoms with Crippen LogP contribution < -0.4 is 0 Å². The quantitative estimate of drug-likeness (QED) is 0.640. The van der Waals surface area contributed by atoms with E-state index in [0.29, 0.717) is 19.5 Å². The number of nitrogens with zero attached hydrogens (tertiary/aromatic N) is 2. The first kappa shape index (κ1) is 11.0. The summed E-state index contributed by atoms with van der Waals surface area (Å²) in [6.07, 6.45) is 0.441.